The van der Waals surface area contributed by atoms with Gasteiger partial charge in [0.2, 0.25) is 0 Å². The molecule has 0 radical (unpaired) electrons. The van der Waals surface area contributed by atoms with Crippen LogP contribution in [0.3, 0.4) is 0 Å². The topological polar surface area (TPSA) is 333 Å². The van der Waals surface area contributed by atoms with Gasteiger partial charge in [0.15, 0.2) is 28.6 Å². The molecule has 4 N–H and O–H groups in total. The number of benzene rings is 8. The summed E-state index contributed by atoms with van der Waals surface area (Å²) in [5.74, 6) is -4.09. The van der Waals surface area contributed by atoms with Crippen molar-refractivity contribution >= 4 is 114 Å². The summed E-state index contributed by atoms with van der Waals surface area (Å²) in [7, 11) is 1.65. The Balaban J connectivity index is 0.000000122. The highest BCUT2D eigenvalue weighted by Gasteiger charge is 2.39. The first kappa shape index (κ1) is 87.8. The van der Waals surface area contributed by atoms with Gasteiger partial charge in [0, 0.05) is 86.0 Å². The molecular formula is C97H62ClF5N8O16S4. The predicted octanol–water partition coefficient (Wildman–Crippen LogP) is 19.6. The van der Waals surface area contributed by atoms with E-state index in [1.165, 1.54) is 138 Å². The van der Waals surface area contributed by atoms with Crippen LogP contribution in [0, 0.1) is 36.0 Å². The van der Waals surface area contributed by atoms with Gasteiger partial charge in [-0.2, -0.15) is 5.10 Å². The largest absolute Gasteiger partial charge is 0.505 e. The Kier molecular flexibility index (Phi) is 24.2. The van der Waals surface area contributed by atoms with Gasteiger partial charge in [-0.15, -0.1) is 0 Å². The number of aromatic hydroxyl groups is 4. The third-order valence-corrected chi connectivity index (χ3v) is 25.5. The van der Waals surface area contributed by atoms with Crippen LogP contribution in [0.2, 0.25) is 5.02 Å². The summed E-state index contributed by atoms with van der Waals surface area (Å²) in [5.41, 5.74) is -0.124. The van der Waals surface area contributed by atoms with Crippen LogP contribution in [0.25, 0.3) is 94.5 Å². The van der Waals surface area contributed by atoms with Crippen LogP contribution in [0.1, 0.15) is 36.4 Å². The molecule has 34 heteroatoms. The lowest BCUT2D eigenvalue weighted by atomic mass is 9.83. The predicted molar refractivity (Wildman–Crippen MR) is 488 cm³/mol. The van der Waals surface area contributed by atoms with Crippen molar-refractivity contribution in [1.29, 1.82) is 0 Å². The lowest BCUT2D eigenvalue weighted by molar-refractivity contribution is 0.445. The molecule has 0 fully saturated rings. The Morgan fingerprint density at radius 1 is 0.412 bits per heavy atom. The van der Waals surface area contributed by atoms with Gasteiger partial charge < -0.3 is 38.1 Å². The SMILES string of the molecule is CC1(C)c2cc(F)ccc2-n2c1cc1oc(=O)c(Sc3cccc(Cl)c3)c(O)c1c2=O.Cc1nn(C)c2c1c1oc(=O)c(Sc3ccc(F)cc3)c(O)c1c(=O)n2Cc1ccc(F)cc1.O=c1oc2cc(-c3ccccc3)n(-c3ccc(F)cc3)c(=O)c2c(O)c1Sc1ccccn1.O=c1oc2cc(-c3ccccc3)n(-c3ccc(F)cc3)c(=O)c2c(O)c1Sc1ccncc1. The Morgan fingerprint density at radius 3 is 1.36 bits per heavy atom. The van der Waals surface area contributed by atoms with E-state index < -0.39 is 102 Å². The fraction of sp³-hybridized carbons (Fsp3) is 0.0619. The first-order chi connectivity index (χ1) is 63.0. The molecule has 0 bridgehead atoms. The normalized spacial score (nSPS) is 11.9. The fourth-order valence-corrected chi connectivity index (χ4v) is 18.6. The van der Waals surface area contributed by atoms with Crippen LogP contribution in [0.4, 0.5) is 22.0 Å². The first-order valence-corrected chi connectivity index (χ1v) is 43.0. The van der Waals surface area contributed by atoms with Crippen molar-refractivity contribution in [1.82, 2.24) is 38.0 Å². The molecule has 652 valence electrons. The second-order valence-corrected chi connectivity index (χ2v) is 34.5. The van der Waals surface area contributed by atoms with E-state index in [1.54, 1.807) is 154 Å². The van der Waals surface area contributed by atoms with E-state index in [-0.39, 0.29) is 70.0 Å². The van der Waals surface area contributed by atoms with E-state index in [0.717, 1.165) is 47.0 Å². The summed E-state index contributed by atoms with van der Waals surface area (Å²) in [6, 6.07) is 64.0. The highest BCUT2D eigenvalue weighted by atomic mass is 35.5. The molecule has 131 heavy (non-hydrogen) atoms. The van der Waals surface area contributed by atoms with Crippen LogP contribution in [0.15, 0.2) is 363 Å². The summed E-state index contributed by atoms with van der Waals surface area (Å²) in [5, 5.41) is 49.0. The van der Waals surface area contributed by atoms with Crippen molar-refractivity contribution in [3.63, 3.8) is 0 Å². The number of rotatable bonds is 14. The van der Waals surface area contributed by atoms with Gasteiger partial charge in [-0.3, -0.25) is 47.1 Å². The molecule has 24 nitrogen and oxygen atoms in total. The zero-order chi connectivity index (χ0) is 92.1. The van der Waals surface area contributed by atoms with E-state index in [1.807, 2.05) is 26.0 Å². The Bertz CT molecular complexity index is 8080. The van der Waals surface area contributed by atoms with E-state index in [9.17, 15) is 80.7 Å². The van der Waals surface area contributed by atoms with Crippen molar-refractivity contribution in [2.45, 2.75) is 72.0 Å². The number of nitrogens with zero attached hydrogens (tertiary/aromatic N) is 8. The quantitative estimate of drug-likeness (QED) is 0.0735. The molecule has 0 aliphatic carbocycles. The van der Waals surface area contributed by atoms with Crippen molar-refractivity contribution in [2.75, 3.05) is 0 Å². The van der Waals surface area contributed by atoms with Crippen LogP contribution in [0.5, 0.6) is 23.0 Å². The number of halogens is 6. The Morgan fingerprint density at radius 2 is 0.855 bits per heavy atom. The third-order valence-electron chi connectivity index (χ3n) is 21.1. The summed E-state index contributed by atoms with van der Waals surface area (Å²) < 4.78 is 96.7. The molecule has 12 heterocycles. The van der Waals surface area contributed by atoms with Gasteiger partial charge in [-0.05, 0) is 175 Å². The zero-order valence-electron chi connectivity index (χ0n) is 68.3. The number of aryl methyl sites for hydroxylation is 2. The molecule has 0 saturated carbocycles. The minimum Gasteiger partial charge on any atom is -0.505 e. The summed E-state index contributed by atoms with van der Waals surface area (Å²) in [6.07, 6.45) is 4.65. The Labute approximate surface area is 755 Å². The molecule has 11 aromatic heterocycles. The van der Waals surface area contributed by atoms with Gasteiger partial charge in [0.25, 0.3) is 22.2 Å². The first-order valence-electron chi connectivity index (χ1n) is 39.3. The molecule has 0 atom stereocenters. The minimum atomic E-state index is -0.834. The maximum absolute atomic E-state index is 13.9. The number of pyridine rings is 6. The smallest absolute Gasteiger partial charge is 0.354 e. The highest BCUT2D eigenvalue weighted by molar-refractivity contribution is 8.00. The van der Waals surface area contributed by atoms with Gasteiger partial charge >= 0.3 is 22.5 Å². The fourth-order valence-electron chi connectivity index (χ4n) is 15.0. The average Bonchev–Trinajstić information content (AvgIpc) is 1.55. The molecule has 20 rings (SSSR count). The van der Waals surface area contributed by atoms with Crippen molar-refractivity contribution in [2.24, 2.45) is 7.05 Å². The molecule has 1 aliphatic rings. The number of aromatic nitrogens is 8. The number of hydrogen-bond acceptors (Lipinski definition) is 23. The second-order valence-electron chi connectivity index (χ2n) is 29.8. The van der Waals surface area contributed by atoms with E-state index in [4.69, 9.17) is 29.3 Å². The van der Waals surface area contributed by atoms with E-state index in [2.05, 4.69) is 15.1 Å². The molecule has 0 amide bonds. The average molecular weight is 1850 g/mol. The number of fused-ring (bicyclic) bond motifs is 9. The molecule has 1 aliphatic heterocycles. The van der Waals surface area contributed by atoms with Gasteiger partial charge in [-0.25, -0.2) is 46.1 Å². The van der Waals surface area contributed by atoms with Gasteiger partial charge in [-0.1, -0.05) is 157 Å². The lowest BCUT2D eigenvalue weighted by Crippen LogP contribution is -2.24. The zero-order valence-corrected chi connectivity index (χ0v) is 72.3. The number of hydrogen-bond donors (Lipinski definition) is 4. The molecule has 8 aromatic carbocycles. The highest BCUT2D eigenvalue weighted by Crippen LogP contribution is 2.46. The van der Waals surface area contributed by atoms with Crippen LogP contribution in [-0.4, -0.2) is 58.4 Å². The monoisotopic (exact) mass is 1850 g/mol. The standard InChI is InChI=1S/2C25H15FN2O4S.C24H17F2N3O4S.C23H15ClFNO4S/c26-16-9-11-17(12-10-16)28-18(15-6-2-1-3-7-15)14-19-21(24(28)30)22(29)23(25(31)32-19)33-20-8-4-5-13-27-20;26-16-6-8-17(9-7-16)28-19(15-4-2-1-3-5-15)14-20-21(24(28)30)22(29)23(25(31)32-20)33-18-10-12-27-13-11-18;1-12-17-20-18(19(30)21(24(32)33-20)34-16-9-7-15(26)8-10-16)23(31)29(22(17)28(2)27-12)11-13-3-5-14(25)6-4-13;1-23(2)14-9-12(25)6-7-15(14)26-17(23)10-16-18(21(26)28)19(27)20(22(29)30-16)31-13-5-3-4-11(24)8-13/h2*1-14,29H;3-10,30H,11H2,1-2H3;3-10,27H,1-2H3. The van der Waals surface area contributed by atoms with Crippen LogP contribution >= 0.6 is 58.6 Å². The third kappa shape index (κ3) is 17.1. The summed E-state index contributed by atoms with van der Waals surface area (Å²) >= 11 is 9.71. The minimum absolute atomic E-state index is 0.0180. The van der Waals surface area contributed by atoms with Crippen molar-refractivity contribution in [3.05, 3.63) is 407 Å². The molecule has 0 unspecified atom stereocenters. The van der Waals surface area contributed by atoms with Crippen LogP contribution < -0.4 is 44.7 Å². The summed E-state index contributed by atoms with van der Waals surface area (Å²) in [4.78, 5) is 115. The van der Waals surface area contributed by atoms with Crippen molar-refractivity contribution < 1.29 is 60.0 Å². The lowest BCUT2D eigenvalue weighted by Gasteiger charge is -2.20. The van der Waals surface area contributed by atoms with Gasteiger partial charge in [0.05, 0.1) is 34.7 Å². The van der Waals surface area contributed by atoms with Crippen LogP contribution in [-0.2, 0) is 19.0 Å². The molecule has 0 spiro atoms. The summed E-state index contributed by atoms with van der Waals surface area (Å²) in [6.45, 7) is 5.49. The maximum atomic E-state index is 13.9. The Hall–Kier alpha value is -15.3. The van der Waals surface area contributed by atoms with E-state index >= 15 is 0 Å². The molecular weight excluding hydrogens is 1790 g/mol. The molecule has 19 aromatic rings. The van der Waals surface area contributed by atoms with E-state index in [0.29, 0.717) is 97.9 Å². The molecule has 0 saturated heterocycles. The van der Waals surface area contributed by atoms with Gasteiger partial charge in [0.1, 0.15) is 97.6 Å². The second kappa shape index (κ2) is 36.1. The van der Waals surface area contributed by atoms with Crippen molar-refractivity contribution in [3.8, 4) is 62.6 Å². The maximum Gasteiger partial charge on any atom is 0.354 e.